The van der Waals surface area contributed by atoms with Crippen molar-refractivity contribution in [3.05, 3.63) is 59.2 Å². The molecule has 0 aliphatic heterocycles. The van der Waals surface area contributed by atoms with Crippen molar-refractivity contribution in [2.45, 2.75) is 33.2 Å². The Morgan fingerprint density at radius 3 is 2.45 bits per heavy atom. The first kappa shape index (κ1) is 22.3. The first-order valence-corrected chi connectivity index (χ1v) is 9.77. The summed E-state index contributed by atoms with van der Waals surface area (Å²) < 4.78 is 15.7. The number of carbonyl (C=O) groups excluding carboxylic acids is 2. The van der Waals surface area contributed by atoms with Gasteiger partial charge in [0.2, 0.25) is 0 Å². The lowest BCUT2D eigenvalue weighted by molar-refractivity contribution is -0.148. The van der Waals surface area contributed by atoms with Crippen LogP contribution in [0.25, 0.3) is 0 Å². The second kappa shape index (κ2) is 11.1. The number of ether oxygens (including phenoxy) is 3. The molecule has 0 bridgehead atoms. The highest BCUT2D eigenvalue weighted by molar-refractivity contribution is 5.97. The van der Waals surface area contributed by atoms with Gasteiger partial charge in [-0.3, -0.25) is 9.59 Å². The van der Waals surface area contributed by atoms with Crippen LogP contribution in [0.15, 0.2) is 42.5 Å². The zero-order valence-electron chi connectivity index (χ0n) is 17.5. The summed E-state index contributed by atoms with van der Waals surface area (Å²) in [5, 5.41) is 2.91. The van der Waals surface area contributed by atoms with E-state index in [4.69, 9.17) is 14.2 Å². The molecule has 0 aliphatic carbocycles. The SMILES string of the molecule is CCOC(=O)C(CC)Cc1ccc(OC)c(C(=O)NCc2cccc(OC)c2)c1. The predicted octanol–water partition coefficient (Wildman–Crippen LogP) is 3.77. The van der Waals surface area contributed by atoms with Crippen LogP contribution in [-0.4, -0.2) is 32.7 Å². The molecule has 0 aromatic heterocycles. The first-order valence-electron chi connectivity index (χ1n) is 9.77. The summed E-state index contributed by atoms with van der Waals surface area (Å²) in [6, 6.07) is 12.9. The number of hydrogen-bond acceptors (Lipinski definition) is 5. The Morgan fingerprint density at radius 1 is 1.00 bits per heavy atom. The van der Waals surface area contributed by atoms with E-state index in [1.54, 1.807) is 26.2 Å². The summed E-state index contributed by atoms with van der Waals surface area (Å²) >= 11 is 0. The van der Waals surface area contributed by atoms with Crippen molar-refractivity contribution in [1.29, 1.82) is 0 Å². The van der Waals surface area contributed by atoms with Crippen molar-refractivity contribution in [3.8, 4) is 11.5 Å². The van der Waals surface area contributed by atoms with Gasteiger partial charge in [-0.1, -0.05) is 25.1 Å². The highest BCUT2D eigenvalue weighted by atomic mass is 16.5. The first-order chi connectivity index (χ1) is 14.0. The zero-order valence-corrected chi connectivity index (χ0v) is 17.5. The van der Waals surface area contributed by atoms with Gasteiger partial charge in [-0.2, -0.15) is 0 Å². The Kier molecular flexibility index (Phi) is 8.52. The van der Waals surface area contributed by atoms with Crippen LogP contribution in [0.5, 0.6) is 11.5 Å². The minimum atomic E-state index is -0.240. The fraction of sp³-hybridized carbons (Fsp3) is 0.391. The van der Waals surface area contributed by atoms with Crippen LogP contribution in [-0.2, 0) is 22.5 Å². The molecule has 29 heavy (non-hydrogen) atoms. The maximum Gasteiger partial charge on any atom is 0.309 e. The maximum atomic E-state index is 12.8. The van der Waals surface area contributed by atoms with Crippen LogP contribution in [0.3, 0.4) is 0 Å². The molecule has 0 fully saturated rings. The third-order valence-corrected chi connectivity index (χ3v) is 4.69. The number of hydrogen-bond donors (Lipinski definition) is 1. The van der Waals surface area contributed by atoms with Crippen molar-refractivity contribution >= 4 is 11.9 Å². The van der Waals surface area contributed by atoms with Crippen molar-refractivity contribution in [2.75, 3.05) is 20.8 Å². The van der Waals surface area contributed by atoms with Gasteiger partial charge in [0.05, 0.1) is 32.3 Å². The highest BCUT2D eigenvalue weighted by Crippen LogP contribution is 2.23. The third-order valence-electron chi connectivity index (χ3n) is 4.69. The summed E-state index contributed by atoms with van der Waals surface area (Å²) in [6.07, 6.45) is 1.18. The molecular formula is C23H29NO5. The lowest BCUT2D eigenvalue weighted by Crippen LogP contribution is -2.24. The molecule has 1 unspecified atom stereocenters. The molecule has 1 N–H and O–H groups in total. The molecule has 0 saturated carbocycles. The summed E-state index contributed by atoms with van der Waals surface area (Å²) in [5.41, 5.74) is 2.25. The lowest BCUT2D eigenvalue weighted by Gasteiger charge is -2.15. The van der Waals surface area contributed by atoms with Crippen LogP contribution in [0.1, 0.15) is 41.8 Å². The van der Waals surface area contributed by atoms with Gasteiger partial charge >= 0.3 is 5.97 Å². The average Bonchev–Trinajstić information content (AvgIpc) is 2.75. The van der Waals surface area contributed by atoms with Gasteiger partial charge in [-0.05, 0) is 55.2 Å². The van der Waals surface area contributed by atoms with E-state index in [9.17, 15) is 9.59 Å². The summed E-state index contributed by atoms with van der Waals surface area (Å²) in [6.45, 7) is 4.47. The molecular weight excluding hydrogens is 370 g/mol. The number of amides is 1. The monoisotopic (exact) mass is 399 g/mol. The Bertz CT molecular complexity index is 834. The van der Waals surface area contributed by atoms with Crippen LogP contribution in [0.4, 0.5) is 0 Å². The van der Waals surface area contributed by atoms with Gasteiger partial charge in [0.25, 0.3) is 5.91 Å². The molecule has 0 spiro atoms. The number of esters is 1. The van der Waals surface area contributed by atoms with E-state index < -0.39 is 0 Å². The summed E-state index contributed by atoms with van der Waals surface area (Å²) in [5.74, 6) is 0.531. The number of rotatable bonds is 10. The number of methoxy groups -OCH3 is 2. The van der Waals surface area contributed by atoms with E-state index in [1.165, 1.54) is 7.11 Å². The van der Waals surface area contributed by atoms with Crippen molar-refractivity contribution < 1.29 is 23.8 Å². The minimum absolute atomic E-state index is 0.213. The van der Waals surface area contributed by atoms with E-state index in [2.05, 4.69) is 5.32 Å². The van der Waals surface area contributed by atoms with Gasteiger partial charge in [0.15, 0.2) is 0 Å². The van der Waals surface area contributed by atoms with Gasteiger partial charge < -0.3 is 19.5 Å². The second-order valence-corrected chi connectivity index (χ2v) is 6.63. The van der Waals surface area contributed by atoms with Gasteiger partial charge in [-0.15, -0.1) is 0 Å². The largest absolute Gasteiger partial charge is 0.497 e. The van der Waals surface area contributed by atoms with Crippen LogP contribution in [0.2, 0.25) is 0 Å². The van der Waals surface area contributed by atoms with Gasteiger partial charge in [0, 0.05) is 6.54 Å². The average molecular weight is 399 g/mol. The molecule has 0 aliphatic rings. The Labute approximate surface area is 172 Å². The molecule has 0 radical (unpaired) electrons. The summed E-state index contributed by atoms with van der Waals surface area (Å²) in [4.78, 5) is 24.9. The number of nitrogens with one attached hydrogen (secondary N) is 1. The van der Waals surface area contributed by atoms with E-state index in [1.807, 2.05) is 37.3 Å². The van der Waals surface area contributed by atoms with Crippen LogP contribution in [0, 0.1) is 5.92 Å². The molecule has 2 aromatic rings. The number of carbonyl (C=O) groups is 2. The third kappa shape index (κ3) is 6.24. The molecule has 6 nitrogen and oxygen atoms in total. The normalized spacial score (nSPS) is 11.4. The van der Waals surface area contributed by atoms with E-state index in [0.717, 1.165) is 16.9 Å². The second-order valence-electron chi connectivity index (χ2n) is 6.63. The Balaban J connectivity index is 2.14. The highest BCUT2D eigenvalue weighted by Gasteiger charge is 2.20. The van der Waals surface area contributed by atoms with E-state index in [0.29, 0.717) is 37.3 Å². The number of benzene rings is 2. The van der Waals surface area contributed by atoms with Crippen molar-refractivity contribution in [2.24, 2.45) is 5.92 Å². The fourth-order valence-corrected chi connectivity index (χ4v) is 3.06. The minimum Gasteiger partial charge on any atom is -0.497 e. The van der Waals surface area contributed by atoms with Crippen molar-refractivity contribution in [3.63, 3.8) is 0 Å². The van der Waals surface area contributed by atoms with Crippen LogP contribution >= 0.6 is 0 Å². The standard InChI is InChI=1S/C23H29NO5/c1-5-18(23(26)29-6-2)12-16-10-11-21(28-4)20(14-16)22(25)24-15-17-8-7-9-19(13-17)27-3/h7-11,13-14,18H,5-6,12,15H2,1-4H3,(H,24,25). The van der Waals surface area contributed by atoms with Crippen LogP contribution < -0.4 is 14.8 Å². The maximum absolute atomic E-state index is 12.8. The molecule has 2 rings (SSSR count). The smallest absolute Gasteiger partial charge is 0.309 e. The Morgan fingerprint density at radius 2 is 1.79 bits per heavy atom. The lowest BCUT2D eigenvalue weighted by atomic mass is 9.95. The Hall–Kier alpha value is -3.02. The van der Waals surface area contributed by atoms with Crippen molar-refractivity contribution in [1.82, 2.24) is 5.32 Å². The fourth-order valence-electron chi connectivity index (χ4n) is 3.06. The molecule has 0 heterocycles. The molecule has 2 aromatic carbocycles. The molecule has 0 saturated heterocycles. The molecule has 1 amide bonds. The molecule has 6 heteroatoms. The van der Waals surface area contributed by atoms with E-state index in [-0.39, 0.29) is 17.8 Å². The van der Waals surface area contributed by atoms with Gasteiger partial charge in [-0.25, -0.2) is 0 Å². The summed E-state index contributed by atoms with van der Waals surface area (Å²) in [7, 11) is 3.13. The molecule has 156 valence electrons. The quantitative estimate of drug-likeness (QED) is 0.616. The zero-order chi connectivity index (χ0) is 21.2. The topological polar surface area (TPSA) is 73.9 Å². The van der Waals surface area contributed by atoms with E-state index >= 15 is 0 Å². The predicted molar refractivity (Wildman–Crippen MR) is 111 cm³/mol. The van der Waals surface area contributed by atoms with Gasteiger partial charge in [0.1, 0.15) is 11.5 Å². The molecule has 1 atom stereocenters.